The zero-order chi connectivity index (χ0) is 82.0. The molecule has 0 radical (unpaired) electrons. The van der Waals surface area contributed by atoms with Crippen LogP contribution in [0.25, 0.3) is 0 Å². The summed E-state index contributed by atoms with van der Waals surface area (Å²) in [6.45, 7) is 17.3. The number of halogens is 5. The summed E-state index contributed by atoms with van der Waals surface area (Å²) in [5.41, 5.74) is 31.2. The predicted octanol–water partition coefficient (Wildman–Crippen LogP) is 8.13. The second-order valence-corrected chi connectivity index (χ2v) is 24.0. The summed E-state index contributed by atoms with van der Waals surface area (Å²) in [5.74, 6) is -9.20. The van der Waals surface area contributed by atoms with Crippen LogP contribution < -0.4 is 95.7 Å². The highest BCUT2D eigenvalue weighted by Crippen LogP contribution is 2.39. The summed E-state index contributed by atoms with van der Waals surface area (Å²) in [6.07, 6.45) is 8.37. The second kappa shape index (κ2) is 43.1. The minimum absolute atomic E-state index is 0.0581. The van der Waals surface area contributed by atoms with E-state index in [4.69, 9.17) is 73.3 Å². The number of rotatable bonds is 27. The van der Waals surface area contributed by atoms with Crippen LogP contribution in [0.5, 0.6) is 28.7 Å². The number of amides is 8. The maximum Gasteiger partial charge on any atom is 0.407 e. The van der Waals surface area contributed by atoms with E-state index in [1.54, 1.807) is 98.8 Å². The third kappa shape index (κ3) is 32.0. The highest BCUT2D eigenvalue weighted by atomic mass is 19.1. The Balaban J connectivity index is 0.000000686. The van der Waals surface area contributed by atoms with Crippen LogP contribution in [0.1, 0.15) is 114 Å². The summed E-state index contributed by atoms with van der Waals surface area (Å²) >= 11 is 0. The molecule has 40 heteroatoms. The van der Waals surface area contributed by atoms with Crippen LogP contribution in [0, 0.1) is 49.3 Å². The van der Waals surface area contributed by atoms with Gasteiger partial charge in [-0.1, -0.05) is 36.5 Å². The first kappa shape index (κ1) is 91.9. The molecule has 0 aliphatic carbocycles. The first-order valence-electron chi connectivity index (χ1n) is 31.0. The van der Waals surface area contributed by atoms with Crippen molar-refractivity contribution in [2.24, 2.45) is 28.7 Å². The lowest BCUT2D eigenvalue weighted by atomic mass is 10.1. The molecule has 0 saturated heterocycles. The number of carbonyl (C=O) groups excluding carboxylic acids is 8. The smallest absolute Gasteiger partial charge is 0.407 e. The number of ether oxygens (including phenoxy) is 8. The number of anilines is 5. The first-order valence-corrected chi connectivity index (χ1v) is 31.0. The standard InChI is InChI=1S/C17H23FN4O6.C17H25FN4O4.C17H24FN3O4.C8H7FN2O4.C8H9FN2O2/c1-17(2,3)28-16(24)21-8-6-5-7-20-13-11(27-4)9-10(15(19)23)12(18)14(13)22(25)26;1-17(2,3)26-16(24)22-8-6-5-7-21-14-11(25-4)9-10(15(20)23)12(18)13(14)19;1-17(2,3)25-16(23)21-8-6-5-7-20-13-10-12(18)11(15(19)22)9-14(13)24-4;1-15-7-2-4(8(10)12)5(9)3-6(7)11(13)14;1-13-7-2-4(8(11)12)5(9)3-6(7)10/h5-6,9,20H,7-8H2,1-4H3,(H2,19,23)(H,21,24);5-6,9,21H,7-8,19H2,1-4H3,(H2,20,23)(H,22,24);5-6,9-10,20H,7-8H2,1-4H3,(H2,19,22)(H,21,23);2-3H,1H3,(H2,10,12);2-3H,10H2,1H3,(H2,11,12)/b3*6-5+;;. The molecule has 0 aliphatic rings. The summed E-state index contributed by atoms with van der Waals surface area (Å²) < 4.78 is 108. The highest BCUT2D eigenvalue weighted by molar-refractivity contribution is 5.98. The molecule has 5 rings (SSSR count). The Bertz CT molecular complexity index is 4110. The molecule has 5 aromatic rings. The molecule has 107 heavy (non-hydrogen) atoms. The van der Waals surface area contributed by atoms with Gasteiger partial charge in [-0.25, -0.2) is 31.9 Å². The van der Waals surface area contributed by atoms with Crippen molar-refractivity contribution < 1.29 is 108 Å². The van der Waals surface area contributed by atoms with Crippen LogP contribution in [0.15, 0.2) is 85.0 Å². The van der Waals surface area contributed by atoms with Crippen LogP contribution >= 0.6 is 0 Å². The fraction of sp³-hybridized carbons (Fsp3) is 0.343. The molecule has 0 fully saturated rings. The van der Waals surface area contributed by atoms with Crippen LogP contribution in [0.4, 0.5) is 76.1 Å². The van der Waals surface area contributed by atoms with Crippen molar-refractivity contribution in [2.75, 3.05) is 102 Å². The van der Waals surface area contributed by atoms with Crippen molar-refractivity contribution in [3.63, 3.8) is 0 Å². The monoisotopic (exact) mass is 1520 g/mol. The van der Waals surface area contributed by atoms with Gasteiger partial charge in [-0.3, -0.25) is 44.2 Å². The SMILES string of the molecule is COc1cc(C(N)=O)c(F)c(N)c1NC/C=C/CNC(=O)OC(C)(C)C.COc1cc(C(N)=O)c(F)c([N+](=O)[O-])c1NC/C=C/CNC(=O)OC(C)(C)C.COc1cc(C(N)=O)c(F)cc1N.COc1cc(C(N)=O)c(F)cc1NC/C=C/CNC(=O)OC(C)(C)C.COc1cc(C(N)=O)c(F)cc1[N+](=O)[O-]. The maximum absolute atomic E-state index is 14.3. The third-order valence-corrected chi connectivity index (χ3v) is 12.5. The number of nitrogen functional groups attached to an aromatic ring is 2. The quantitative estimate of drug-likeness (QED) is 0.00589. The molecule has 20 N–H and O–H groups in total. The molecule has 5 aromatic carbocycles. The molecule has 0 bridgehead atoms. The molecule has 0 atom stereocenters. The number of hydrogen-bond donors (Lipinski definition) is 13. The fourth-order valence-corrected chi connectivity index (χ4v) is 7.86. The van der Waals surface area contributed by atoms with Crippen molar-refractivity contribution in [3.8, 4) is 28.7 Å². The lowest BCUT2D eigenvalue weighted by molar-refractivity contribution is -0.386. The summed E-state index contributed by atoms with van der Waals surface area (Å²) in [5, 5.41) is 37.8. The number of methoxy groups -OCH3 is 5. The van der Waals surface area contributed by atoms with Crippen molar-refractivity contribution in [1.82, 2.24) is 16.0 Å². The van der Waals surface area contributed by atoms with Gasteiger partial charge in [0.25, 0.3) is 29.5 Å². The summed E-state index contributed by atoms with van der Waals surface area (Å²) in [6, 6.07) is 8.23. The summed E-state index contributed by atoms with van der Waals surface area (Å²) in [7, 11) is 6.53. The number of nitro groups is 2. The highest BCUT2D eigenvalue weighted by Gasteiger charge is 2.30. The average molecular weight is 1520 g/mol. The normalized spacial score (nSPS) is 10.8. The van der Waals surface area contributed by atoms with Gasteiger partial charge in [0.15, 0.2) is 17.3 Å². The van der Waals surface area contributed by atoms with Gasteiger partial charge in [-0.15, -0.1) is 0 Å². The molecule has 0 saturated carbocycles. The number of nitrogens with two attached hydrogens (primary N) is 7. The van der Waals surface area contributed by atoms with Crippen LogP contribution in [0.2, 0.25) is 0 Å². The Kier molecular flexibility index (Phi) is 37.1. The number of nitrogens with zero attached hydrogens (tertiary/aromatic N) is 2. The molecule has 0 spiro atoms. The number of alkyl carbamates (subject to hydrolysis) is 3. The van der Waals surface area contributed by atoms with E-state index in [9.17, 15) is 80.5 Å². The Hall–Kier alpha value is -13.1. The van der Waals surface area contributed by atoms with Gasteiger partial charge in [0, 0.05) is 57.5 Å². The Morgan fingerprint density at radius 3 is 1.07 bits per heavy atom. The molecule has 8 amide bonds. The average Bonchev–Trinajstić information content (AvgIpc) is 0.796. The van der Waals surface area contributed by atoms with Gasteiger partial charge in [0.2, 0.25) is 5.82 Å². The number of benzene rings is 5. The molecular formula is C67H88F5N15O20. The van der Waals surface area contributed by atoms with Crippen molar-refractivity contribution in [1.29, 1.82) is 0 Å². The lowest BCUT2D eigenvalue weighted by Gasteiger charge is -2.19. The van der Waals surface area contributed by atoms with Crippen LogP contribution in [-0.2, 0) is 14.2 Å². The van der Waals surface area contributed by atoms with Gasteiger partial charge in [0.1, 0.15) is 62.9 Å². The second-order valence-electron chi connectivity index (χ2n) is 24.0. The van der Waals surface area contributed by atoms with Crippen molar-refractivity contribution >= 4 is 87.6 Å². The zero-order valence-corrected chi connectivity index (χ0v) is 60.8. The topological polar surface area (TPSA) is 551 Å². The molecule has 0 aromatic heterocycles. The zero-order valence-electron chi connectivity index (χ0n) is 60.8. The largest absolute Gasteiger partial charge is 0.495 e. The van der Waals surface area contributed by atoms with Crippen LogP contribution in [-0.4, -0.2) is 149 Å². The molecule has 586 valence electrons. The van der Waals surface area contributed by atoms with Crippen molar-refractivity contribution in [2.45, 2.75) is 79.1 Å². The third-order valence-electron chi connectivity index (χ3n) is 12.5. The van der Waals surface area contributed by atoms with E-state index in [-0.39, 0.29) is 88.6 Å². The van der Waals surface area contributed by atoms with E-state index in [2.05, 4.69) is 36.6 Å². The van der Waals surface area contributed by atoms with E-state index >= 15 is 0 Å². The number of hydrogen-bond acceptors (Lipinski definition) is 25. The number of nitrogens with one attached hydrogen (secondary N) is 6. The van der Waals surface area contributed by atoms with E-state index in [1.807, 2.05) is 0 Å². The van der Waals surface area contributed by atoms with E-state index in [0.29, 0.717) is 30.6 Å². The summed E-state index contributed by atoms with van der Waals surface area (Å²) in [4.78, 5) is 109. The fourth-order valence-electron chi connectivity index (χ4n) is 7.86. The van der Waals surface area contributed by atoms with Crippen LogP contribution in [0.3, 0.4) is 0 Å². The van der Waals surface area contributed by atoms with Crippen molar-refractivity contribution in [3.05, 3.63) is 162 Å². The van der Waals surface area contributed by atoms with Gasteiger partial charge < -0.3 is 110 Å². The van der Waals surface area contributed by atoms with E-state index < -0.39 is 126 Å². The molecular weight excluding hydrogens is 1430 g/mol. The predicted molar refractivity (Wildman–Crippen MR) is 385 cm³/mol. The first-order chi connectivity index (χ1) is 49.7. The Morgan fingerprint density at radius 2 is 0.710 bits per heavy atom. The number of nitro benzene ring substituents is 2. The Labute approximate surface area is 610 Å². The van der Waals surface area contributed by atoms with Gasteiger partial charge in [0.05, 0.1) is 96.3 Å². The van der Waals surface area contributed by atoms with Gasteiger partial charge >= 0.3 is 29.7 Å². The molecule has 35 nitrogen and oxygen atoms in total. The maximum atomic E-state index is 14.3. The molecule has 0 aliphatic heterocycles. The molecule has 0 heterocycles. The number of carbonyl (C=O) groups is 8. The number of primary amides is 5. The Morgan fingerprint density at radius 1 is 0.402 bits per heavy atom. The minimum Gasteiger partial charge on any atom is -0.495 e. The molecule has 0 unspecified atom stereocenters. The van der Waals surface area contributed by atoms with Gasteiger partial charge in [-0.2, -0.15) is 4.39 Å². The lowest BCUT2D eigenvalue weighted by Crippen LogP contribution is -2.32. The minimum atomic E-state index is -1.35. The van der Waals surface area contributed by atoms with Gasteiger partial charge in [-0.05, 0) is 86.6 Å². The van der Waals surface area contributed by atoms with E-state index in [1.165, 1.54) is 53.7 Å². The van der Waals surface area contributed by atoms with E-state index in [0.717, 1.165) is 24.3 Å².